The molecule has 0 unspecified atom stereocenters. The van der Waals surface area contributed by atoms with Crippen molar-refractivity contribution in [2.24, 2.45) is 0 Å². The zero-order valence-electron chi connectivity index (χ0n) is 61.1. The predicted octanol–water partition coefficient (Wildman–Crippen LogP) is 23.6. The van der Waals surface area contributed by atoms with Crippen molar-refractivity contribution in [2.45, 2.75) is 322 Å². The van der Waals surface area contributed by atoms with Crippen molar-refractivity contribution >= 4 is 47.2 Å². The maximum Gasteiger partial charge on any atom is 0.219 e. The smallest absolute Gasteiger partial charge is 0.219 e. The zero-order valence-corrected chi connectivity index (χ0v) is 62.8. The average Bonchev–Trinajstić information content (AvgIpc) is 3.55. The maximum absolute atomic E-state index is 11.2. The number of thioether (sulfide) groups is 2. The minimum absolute atomic E-state index is 0.119. The second kappa shape index (κ2) is 193. The molecule has 0 bridgehead atoms. The molecule has 0 atom stereocenters. The molecule has 8 nitrogen and oxygen atoms in total. The van der Waals surface area contributed by atoms with Gasteiger partial charge in [-0.25, -0.2) is 0 Å². The third-order valence-corrected chi connectivity index (χ3v) is 9.60. The molecule has 0 saturated carbocycles. The van der Waals surface area contributed by atoms with Crippen molar-refractivity contribution in [3.05, 3.63) is 62.8 Å². The van der Waals surface area contributed by atoms with E-state index in [0.29, 0.717) is 25.7 Å². The monoisotopic (exact) mass is 1190 g/mol. The van der Waals surface area contributed by atoms with Gasteiger partial charge in [0.15, 0.2) is 0 Å². The average molecular weight is 1190 g/mol. The molecule has 0 aromatic carbocycles. The molecule has 0 spiro atoms. The molecule has 0 saturated heterocycles. The van der Waals surface area contributed by atoms with Crippen LogP contribution in [0.5, 0.6) is 0 Å². The van der Waals surface area contributed by atoms with E-state index in [-0.39, 0.29) is 23.6 Å². The van der Waals surface area contributed by atoms with Crippen LogP contribution in [0.4, 0.5) is 0 Å². The molecule has 10 heteroatoms. The van der Waals surface area contributed by atoms with E-state index in [4.69, 9.17) is 0 Å². The molecule has 496 valence electrons. The fourth-order valence-electron chi connectivity index (χ4n) is 4.61. The number of allylic oxidation sites excluding steroid dienone is 6. The minimum atomic E-state index is 0.119. The van der Waals surface area contributed by atoms with Crippen LogP contribution >= 0.6 is 23.5 Å². The molecule has 0 rings (SSSR count). The van der Waals surface area contributed by atoms with Gasteiger partial charge >= 0.3 is 0 Å². The van der Waals surface area contributed by atoms with Crippen LogP contribution in [0.3, 0.4) is 0 Å². The molecule has 0 heterocycles. The van der Waals surface area contributed by atoms with Gasteiger partial charge in [-0.1, -0.05) is 216 Å². The van der Waals surface area contributed by atoms with Crippen LogP contribution in [0.25, 0.3) is 0 Å². The van der Waals surface area contributed by atoms with Gasteiger partial charge < -0.3 is 21.3 Å². The summed E-state index contributed by atoms with van der Waals surface area (Å²) in [6, 6.07) is 0. The first-order valence-electron chi connectivity index (χ1n) is 33.4. The molecular weight excluding hydrogens is 1020 g/mol. The predicted molar refractivity (Wildman–Crippen MR) is 390 cm³/mol. The zero-order chi connectivity index (χ0) is 67.2. The third-order valence-electron chi connectivity index (χ3n) is 7.63. The van der Waals surface area contributed by atoms with Gasteiger partial charge in [-0.3, -0.25) is 19.2 Å². The molecule has 4 amide bonds. The Kier molecular flexibility index (Phi) is 299. The minimum Gasteiger partial charge on any atom is -0.359 e. The molecule has 0 aliphatic carbocycles. The van der Waals surface area contributed by atoms with E-state index in [0.717, 1.165) is 90.1 Å². The van der Waals surface area contributed by atoms with E-state index >= 15 is 0 Å². The normalized spacial score (nSPS) is 8.03. The summed E-state index contributed by atoms with van der Waals surface area (Å²) in [5, 5.41) is 10.8. The maximum atomic E-state index is 11.2. The molecule has 0 fully saturated rings. The molecule has 4 N–H and O–H groups in total. The van der Waals surface area contributed by atoms with Gasteiger partial charge in [0, 0.05) is 52.9 Å². The summed E-state index contributed by atoms with van der Waals surface area (Å²) < 4.78 is 0. The summed E-state index contributed by atoms with van der Waals surface area (Å²) in [6.07, 6.45) is 33.3. The Balaban J connectivity index is -0.0000000406. The summed E-state index contributed by atoms with van der Waals surface area (Å²) in [4.78, 5) is 44.3. The van der Waals surface area contributed by atoms with Crippen LogP contribution in [0.2, 0.25) is 0 Å². The van der Waals surface area contributed by atoms with Crippen molar-refractivity contribution in [3.8, 4) is 0 Å². The highest BCUT2D eigenvalue weighted by atomic mass is 32.2. The lowest BCUT2D eigenvalue weighted by atomic mass is 10.1. The van der Waals surface area contributed by atoms with Crippen molar-refractivity contribution in [1.82, 2.24) is 21.3 Å². The molecule has 0 radical (unpaired) electrons. The number of amides is 4. The Hall–Kier alpha value is -2.72. The third kappa shape index (κ3) is 212. The fourth-order valence-corrected chi connectivity index (χ4v) is 5.93. The fraction of sp³-hybridized carbons (Fsp3) is 0.800. The summed E-state index contributed by atoms with van der Waals surface area (Å²) in [5.74, 6) is 5.72. The van der Waals surface area contributed by atoms with Crippen LogP contribution in [0, 0.1) is 0 Å². The lowest BCUT2D eigenvalue weighted by Gasteiger charge is -2.01. The summed E-state index contributed by atoms with van der Waals surface area (Å²) in [6.45, 7) is 69.8. The van der Waals surface area contributed by atoms with Crippen molar-refractivity contribution in [2.75, 3.05) is 50.2 Å². The van der Waals surface area contributed by atoms with E-state index < -0.39 is 0 Å². The van der Waals surface area contributed by atoms with E-state index in [9.17, 15) is 19.2 Å². The second-order valence-electron chi connectivity index (χ2n) is 12.3. The van der Waals surface area contributed by atoms with Gasteiger partial charge in [-0.05, 0) is 140 Å². The Labute approximate surface area is 520 Å². The summed E-state index contributed by atoms with van der Waals surface area (Å²) in [7, 11) is 3.34. The first-order chi connectivity index (χ1) is 39.3. The van der Waals surface area contributed by atoms with Crippen LogP contribution in [-0.2, 0) is 19.2 Å². The van der Waals surface area contributed by atoms with E-state index in [1.165, 1.54) is 48.7 Å². The number of carbonyl (C=O) groups excluding carboxylic acids is 4. The highest BCUT2D eigenvalue weighted by molar-refractivity contribution is 7.99. The SMILES string of the molecule is C=C.C=C.CC.CC.CC.CC.CC.CC.CC.CC.CC.CC.CC.CC.CCNC(=O)CCCC/C=C\CCCCC(=O)NCC.CCSCCC/C=C\CCCSCC.CNC(=O)CCCC/C=C\CCCCC(=O)NC. The Morgan fingerprint density at radius 2 is 0.475 bits per heavy atom. The molecule has 0 aliphatic rings. The first kappa shape index (κ1) is 124. The van der Waals surface area contributed by atoms with Crippen LogP contribution in [-0.4, -0.2) is 73.8 Å². The van der Waals surface area contributed by atoms with Gasteiger partial charge in [0.05, 0.1) is 0 Å². The highest BCUT2D eigenvalue weighted by Crippen LogP contribution is 2.08. The van der Waals surface area contributed by atoms with E-state index in [1.54, 1.807) is 14.1 Å². The lowest BCUT2D eigenvalue weighted by Crippen LogP contribution is -2.21. The Morgan fingerprint density at radius 1 is 0.300 bits per heavy atom. The summed E-state index contributed by atoms with van der Waals surface area (Å²) >= 11 is 4.09. The van der Waals surface area contributed by atoms with Crippen molar-refractivity contribution < 1.29 is 19.2 Å². The van der Waals surface area contributed by atoms with Crippen molar-refractivity contribution in [1.29, 1.82) is 0 Å². The molecule has 0 aliphatic heterocycles. The van der Waals surface area contributed by atoms with Gasteiger partial charge in [0.1, 0.15) is 0 Å². The Bertz CT molecular complexity index is 864. The number of nitrogens with one attached hydrogen (secondary N) is 4. The number of unbranched alkanes of at least 4 members (excludes halogenated alkanes) is 10. The summed E-state index contributed by atoms with van der Waals surface area (Å²) in [5.41, 5.74) is 0. The van der Waals surface area contributed by atoms with Gasteiger partial charge in [-0.2, -0.15) is 23.5 Å². The molecule has 0 aromatic rings. The van der Waals surface area contributed by atoms with E-state index in [1.807, 2.05) is 204 Å². The number of hydrogen-bond donors (Lipinski definition) is 4. The number of hydrogen-bond acceptors (Lipinski definition) is 6. The van der Waals surface area contributed by atoms with Crippen LogP contribution < -0.4 is 21.3 Å². The number of rotatable bonds is 32. The van der Waals surface area contributed by atoms with Crippen LogP contribution in [0.15, 0.2) is 62.8 Å². The lowest BCUT2D eigenvalue weighted by molar-refractivity contribution is -0.121. The van der Waals surface area contributed by atoms with Gasteiger partial charge in [0.2, 0.25) is 23.6 Å². The van der Waals surface area contributed by atoms with E-state index in [2.05, 4.69) is 97.9 Å². The highest BCUT2D eigenvalue weighted by Gasteiger charge is 1.99. The molecular formula is C70H160N4O4S2. The number of carbonyl (C=O) groups is 4. The standard InChI is InChI=1S/C16H30N2O2.C14H26N2O2.C12H24S2.12C2H6.2C2H4/c1-3-17-15(19)13-11-9-7-5-6-8-10-12-14-16(20)18-4-2;1-15-13(17)11-9-7-5-3-4-6-8-10-12-14(18)16-2;1-3-13-11-9-7-5-6-8-10-12-14-4-2;14*1-2/h5-6H,3-4,7-14H2,1-2H3,(H,17,19)(H,18,20);3-4H,5-12H2,1-2H3,(H,15,17)(H,16,18);5-6H,3-4,7-12H2,1-2H3;12*1-2H3;2*1-2H2/b6-5-;4-3-;6-5-;;;;;;;;;;;;;;. The van der Waals surface area contributed by atoms with Crippen LogP contribution in [0.1, 0.15) is 322 Å². The van der Waals surface area contributed by atoms with Gasteiger partial charge in [0.25, 0.3) is 0 Å². The van der Waals surface area contributed by atoms with Crippen molar-refractivity contribution in [3.63, 3.8) is 0 Å². The molecule has 0 aromatic heterocycles. The topological polar surface area (TPSA) is 116 Å². The first-order valence-corrected chi connectivity index (χ1v) is 35.7. The largest absolute Gasteiger partial charge is 0.359 e. The Morgan fingerprint density at radius 3 is 0.637 bits per heavy atom. The van der Waals surface area contributed by atoms with Gasteiger partial charge in [-0.15, -0.1) is 26.3 Å². The quantitative estimate of drug-likeness (QED) is 0.0394. The second-order valence-corrected chi connectivity index (χ2v) is 15.1. The molecule has 80 heavy (non-hydrogen) atoms.